The normalized spacial score (nSPS) is 48.7. The van der Waals surface area contributed by atoms with Crippen LogP contribution in [0.25, 0.3) is 0 Å². The Bertz CT molecular complexity index is 196. The topological polar surface area (TPSA) is 36.9 Å². The Balaban J connectivity index is 2.17. The minimum Gasteiger partial charge on any atom is -0.381 e. The molecule has 0 aromatic heterocycles. The zero-order chi connectivity index (χ0) is 9.47. The molecule has 2 fully saturated rings. The Kier molecular flexibility index (Phi) is 2.32. The average Bonchev–Trinajstić information content (AvgIpc) is 2.55. The Labute approximate surface area is 78.1 Å². The van der Waals surface area contributed by atoms with E-state index in [-0.39, 0.29) is 23.9 Å². The molecular formula is C9H16O4. The van der Waals surface area contributed by atoms with Gasteiger partial charge < -0.3 is 18.9 Å². The molecule has 2 aliphatic heterocycles. The van der Waals surface area contributed by atoms with Crippen molar-refractivity contribution in [2.75, 3.05) is 27.4 Å². The van der Waals surface area contributed by atoms with Gasteiger partial charge in [0.25, 0.3) is 0 Å². The van der Waals surface area contributed by atoms with Crippen LogP contribution in [0.4, 0.5) is 0 Å². The van der Waals surface area contributed by atoms with Gasteiger partial charge in [0.1, 0.15) is 17.8 Å². The van der Waals surface area contributed by atoms with Crippen molar-refractivity contribution in [3.05, 3.63) is 0 Å². The van der Waals surface area contributed by atoms with Gasteiger partial charge in [-0.3, -0.25) is 0 Å². The molecule has 13 heavy (non-hydrogen) atoms. The molecule has 4 heteroatoms. The second-order valence-corrected chi connectivity index (χ2v) is 3.75. The maximum absolute atomic E-state index is 5.82. The summed E-state index contributed by atoms with van der Waals surface area (Å²) in [5.74, 6) is 0. The molecule has 0 aromatic carbocycles. The molecule has 2 saturated heterocycles. The predicted octanol–water partition coefficient (Wildman–Crippen LogP) is 0.204. The molecule has 0 saturated carbocycles. The quantitative estimate of drug-likeness (QED) is 0.634. The number of hydrogen-bond acceptors (Lipinski definition) is 4. The Hall–Kier alpha value is -0.160. The van der Waals surface area contributed by atoms with Crippen molar-refractivity contribution in [1.82, 2.24) is 0 Å². The molecule has 2 unspecified atom stereocenters. The zero-order valence-electron chi connectivity index (χ0n) is 8.28. The first-order chi connectivity index (χ1) is 6.23. The molecule has 0 radical (unpaired) electrons. The molecule has 0 aromatic rings. The van der Waals surface area contributed by atoms with Crippen LogP contribution in [-0.2, 0) is 18.9 Å². The summed E-state index contributed by atoms with van der Waals surface area (Å²) in [5.41, 5.74) is -0.367. The van der Waals surface area contributed by atoms with Crippen LogP contribution >= 0.6 is 0 Å². The number of methoxy groups -OCH3 is 2. The fourth-order valence-corrected chi connectivity index (χ4v) is 2.38. The summed E-state index contributed by atoms with van der Waals surface area (Å²) in [6.45, 7) is 3.12. The van der Waals surface area contributed by atoms with Crippen LogP contribution in [0.2, 0.25) is 0 Å². The van der Waals surface area contributed by atoms with Crippen molar-refractivity contribution < 1.29 is 18.9 Å². The van der Waals surface area contributed by atoms with Crippen LogP contribution in [0, 0.1) is 0 Å². The van der Waals surface area contributed by atoms with Crippen molar-refractivity contribution in [2.45, 2.75) is 30.8 Å². The fourth-order valence-electron chi connectivity index (χ4n) is 2.38. The molecular weight excluding hydrogens is 172 g/mol. The molecule has 0 amide bonds. The zero-order valence-corrected chi connectivity index (χ0v) is 8.28. The van der Waals surface area contributed by atoms with Gasteiger partial charge in [-0.1, -0.05) is 0 Å². The molecule has 4 atom stereocenters. The van der Waals surface area contributed by atoms with Crippen molar-refractivity contribution in [1.29, 1.82) is 0 Å². The van der Waals surface area contributed by atoms with Gasteiger partial charge in [-0.05, 0) is 6.92 Å². The highest BCUT2D eigenvalue weighted by molar-refractivity contribution is 5.07. The number of hydrogen-bond donors (Lipinski definition) is 0. The van der Waals surface area contributed by atoms with Gasteiger partial charge in [-0.25, -0.2) is 0 Å². The first-order valence-electron chi connectivity index (χ1n) is 4.54. The largest absolute Gasteiger partial charge is 0.381 e. The third kappa shape index (κ3) is 1.21. The molecule has 2 heterocycles. The standard InChI is InChI=1S/C9H16O4/c1-6-7-8(11-3)9(13-6,4-10-2)5-12-7/h6-8H,4-5H2,1-3H3/t6-,7?,8+,9?/m0/s1. The third-order valence-electron chi connectivity index (χ3n) is 2.86. The van der Waals surface area contributed by atoms with Crippen LogP contribution in [0.5, 0.6) is 0 Å². The van der Waals surface area contributed by atoms with Gasteiger partial charge >= 0.3 is 0 Å². The number of fused-ring (bicyclic) bond motifs is 2. The molecule has 0 spiro atoms. The summed E-state index contributed by atoms with van der Waals surface area (Å²) >= 11 is 0. The Morgan fingerprint density at radius 1 is 1.46 bits per heavy atom. The van der Waals surface area contributed by atoms with Crippen LogP contribution in [-0.4, -0.2) is 51.3 Å². The summed E-state index contributed by atoms with van der Waals surface area (Å²) in [4.78, 5) is 0. The van der Waals surface area contributed by atoms with E-state index in [0.29, 0.717) is 13.2 Å². The van der Waals surface area contributed by atoms with E-state index in [0.717, 1.165) is 0 Å². The third-order valence-corrected chi connectivity index (χ3v) is 2.86. The first kappa shape index (κ1) is 9.40. The second kappa shape index (κ2) is 3.20. The van der Waals surface area contributed by atoms with E-state index in [1.165, 1.54) is 0 Å². The van der Waals surface area contributed by atoms with E-state index in [2.05, 4.69) is 0 Å². The smallest absolute Gasteiger partial charge is 0.144 e. The molecule has 0 aliphatic carbocycles. The van der Waals surface area contributed by atoms with E-state index in [9.17, 15) is 0 Å². The molecule has 76 valence electrons. The van der Waals surface area contributed by atoms with Crippen molar-refractivity contribution in [3.8, 4) is 0 Å². The molecule has 2 rings (SSSR count). The highest BCUT2D eigenvalue weighted by atomic mass is 16.7. The van der Waals surface area contributed by atoms with Crippen LogP contribution in [0.15, 0.2) is 0 Å². The van der Waals surface area contributed by atoms with E-state index in [4.69, 9.17) is 18.9 Å². The monoisotopic (exact) mass is 188 g/mol. The SMILES string of the molecule is COCC12COC([C@H](C)O1)[C@H]2OC. The minimum absolute atomic E-state index is 0.0162. The van der Waals surface area contributed by atoms with Crippen molar-refractivity contribution in [3.63, 3.8) is 0 Å². The van der Waals surface area contributed by atoms with Gasteiger partial charge in [0.05, 0.1) is 19.3 Å². The molecule has 2 bridgehead atoms. The van der Waals surface area contributed by atoms with Crippen molar-refractivity contribution >= 4 is 0 Å². The summed E-state index contributed by atoms with van der Waals surface area (Å²) in [5, 5.41) is 0. The van der Waals surface area contributed by atoms with Crippen LogP contribution < -0.4 is 0 Å². The summed E-state index contributed by atoms with van der Waals surface area (Å²) in [6.07, 6.45) is 0.191. The van der Waals surface area contributed by atoms with E-state index < -0.39 is 0 Å². The highest BCUT2D eigenvalue weighted by Crippen LogP contribution is 2.41. The lowest BCUT2D eigenvalue weighted by Gasteiger charge is -2.29. The fraction of sp³-hybridized carbons (Fsp3) is 1.00. The predicted molar refractivity (Wildman–Crippen MR) is 45.7 cm³/mol. The maximum atomic E-state index is 5.82. The Morgan fingerprint density at radius 2 is 2.23 bits per heavy atom. The van der Waals surface area contributed by atoms with Gasteiger partial charge in [-0.2, -0.15) is 0 Å². The molecule has 4 nitrogen and oxygen atoms in total. The summed E-state index contributed by atoms with van der Waals surface area (Å²) in [6, 6.07) is 0. The number of rotatable bonds is 3. The number of ether oxygens (including phenoxy) is 4. The van der Waals surface area contributed by atoms with Gasteiger partial charge in [0.15, 0.2) is 0 Å². The lowest BCUT2D eigenvalue weighted by atomic mass is 10.00. The van der Waals surface area contributed by atoms with E-state index in [1.54, 1.807) is 14.2 Å². The van der Waals surface area contributed by atoms with E-state index >= 15 is 0 Å². The lowest BCUT2D eigenvalue weighted by Crippen LogP contribution is -2.45. The van der Waals surface area contributed by atoms with Gasteiger partial charge in [0, 0.05) is 14.2 Å². The van der Waals surface area contributed by atoms with Crippen LogP contribution in [0.1, 0.15) is 6.92 Å². The average molecular weight is 188 g/mol. The molecule has 0 N–H and O–H groups in total. The highest BCUT2D eigenvalue weighted by Gasteiger charge is 2.60. The molecule has 2 aliphatic rings. The first-order valence-corrected chi connectivity index (χ1v) is 4.54. The van der Waals surface area contributed by atoms with Crippen molar-refractivity contribution in [2.24, 2.45) is 0 Å². The summed E-state index contributed by atoms with van der Waals surface area (Å²) < 4.78 is 21.9. The lowest BCUT2D eigenvalue weighted by molar-refractivity contribution is -0.161. The van der Waals surface area contributed by atoms with Crippen LogP contribution in [0.3, 0.4) is 0 Å². The van der Waals surface area contributed by atoms with Gasteiger partial charge in [-0.15, -0.1) is 0 Å². The second-order valence-electron chi connectivity index (χ2n) is 3.75. The summed E-state index contributed by atoms with van der Waals surface area (Å²) in [7, 11) is 3.36. The minimum atomic E-state index is -0.367. The maximum Gasteiger partial charge on any atom is 0.144 e. The Morgan fingerprint density at radius 3 is 2.77 bits per heavy atom. The van der Waals surface area contributed by atoms with Gasteiger partial charge in [0.2, 0.25) is 0 Å². The van der Waals surface area contributed by atoms with E-state index in [1.807, 2.05) is 6.92 Å².